The molecule has 1 aromatic rings. The van der Waals surface area contributed by atoms with Crippen molar-refractivity contribution in [2.75, 3.05) is 5.43 Å². The van der Waals surface area contributed by atoms with Crippen LogP contribution in [-0.4, -0.2) is 16.9 Å². The summed E-state index contributed by atoms with van der Waals surface area (Å²) in [6, 6.07) is 2.37. The molecule has 0 saturated heterocycles. The molecule has 0 radical (unpaired) electrons. The molecule has 1 unspecified atom stereocenters. The second-order valence-electron chi connectivity index (χ2n) is 5.81. The summed E-state index contributed by atoms with van der Waals surface area (Å²) in [7, 11) is 0. The number of nitrogens with two attached hydrogens (primary N) is 1. The first-order chi connectivity index (χ1) is 9.57. The standard InChI is InChI=1S/C13H19ClN4O3/c1-7(13(2,3)4)16-12(19)8-5-9(14)11(17-15)10(6-8)18(20)21/h5-7,17H,15H2,1-4H3,(H,16,19). The van der Waals surface area contributed by atoms with E-state index < -0.39 is 10.8 Å². The van der Waals surface area contributed by atoms with E-state index in [0.29, 0.717) is 0 Å². The Bertz CT molecular complexity index is 569. The van der Waals surface area contributed by atoms with Crippen LogP contribution in [0.25, 0.3) is 0 Å². The zero-order chi connectivity index (χ0) is 16.4. The number of nitro groups is 1. The number of nitrogens with one attached hydrogen (secondary N) is 2. The number of nitrogens with zero attached hydrogens (tertiary/aromatic N) is 1. The Hall–Kier alpha value is -1.86. The Morgan fingerprint density at radius 3 is 2.43 bits per heavy atom. The van der Waals surface area contributed by atoms with Crippen LogP contribution >= 0.6 is 11.6 Å². The summed E-state index contributed by atoms with van der Waals surface area (Å²) in [5.74, 6) is 4.79. The molecule has 0 aliphatic carbocycles. The van der Waals surface area contributed by atoms with Gasteiger partial charge in [0.15, 0.2) is 0 Å². The zero-order valence-corrected chi connectivity index (χ0v) is 13.1. The van der Waals surface area contributed by atoms with Crippen molar-refractivity contribution in [1.29, 1.82) is 0 Å². The molecule has 0 aliphatic rings. The molecular formula is C13H19ClN4O3. The minimum atomic E-state index is -0.648. The molecule has 21 heavy (non-hydrogen) atoms. The van der Waals surface area contributed by atoms with Crippen LogP contribution in [0.1, 0.15) is 38.1 Å². The molecule has 0 spiro atoms. The molecule has 1 aromatic carbocycles. The number of carbonyl (C=O) groups is 1. The van der Waals surface area contributed by atoms with Gasteiger partial charge in [-0.2, -0.15) is 0 Å². The Balaban J connectivity index is 3.15. The van der Waals surface area contributed by atoms with Crippen LogP contribution in [0, 0.1) is 15.5 Å². The minimum Gasteiger partial charge on any atom is -0.349 e. The van der Waals surface area contributed by atoms with Crippen molar-refractivity contribution >= 4 is 28.9 Å². The third kappa shape index (κ3) is 4.05. The highest BCUT2D eigenvalue weighted by molar-refractivity contribution is 6.34. The number of hydrogen-bond donors (Lipinski definition) is 3. The van der Waals surface area contributed by atoms with E-state index in [1.165, 1.54) is 6.07 Å². The molecule has 4 N–H and O–H groups in total. The Kier molecular flexibility index (Phi) is 5.14. The van der Waals surface area contributed by atoms with E-state index in [4.69, 9.17) is 17.4 Å². The van der Waals surface area contributed by atoms with Crippen molar-refractivity contribution in [3.05, 3.63) is 32.8 Å². The maximum atomic E-state index is 12.2. The molecular weight excluding hydrogens is 296 g/mol. The predicted octanol–water partition coefficient (Wildman–Crippen LogP) is 2.70. The lowest BCUT2D eigenvalue weighted by atomic mass is 9.88. The van der Waals surface area contributed by atoms with E-state index in [1.807, 2.05) is 27.7 Å². The highest BCUT2D eigenvalue weighted by Gasteiger charge is 2.25. The normalized spacial score (nSPS) is 12.7. The van der Waals surface area contributed by atoms with E-state index in [-0.39, 0.29) is 33.4 Å². The highest BCUT2D eigenvalue weighted by Crippen LogP contribution is 2.33. The van der Waals surface area contributed by atoms with Gasteiger partial charge in [0.05, 0.1) is 9.95 Å². The van der Waals surface area contributed by atoms with Gasteiger partial charge >= 0.3 is 0 Å². The van der Waals surface area contributed by atoms with E-state index in [2.05, 4.69) is 10.7 Å². The molecule has 1 atom stereocenters. The largest absolute Gasteiger partial charge is 0.349 e. The minimum absolute atomic E-state index is 0.0141. The molecule has 0 saturated carbocycles. The van der Waals surface area contributed by atoms with Gasteiger partial charge in [0.2, 0.25) is 0 Å². The second kappa shape index (κ2) is 6.28. The van der Waals surface area contributed by atoms with Crippen molar-refractivity contribution in [3.8, 4) is 0 Å². The molecule has 0 aromatic heterocycles. The van der Waals surface area contributed by atoms with Crippen molar-refractivity contribution < 1.29 is 9.72 Å². The van der Waals surface area contributed by atoms with Crippen LogP contribution in [0.15, 0.2) is 12.1 Å². The van der Waals surface area contributed by atoms with Crippen LogP contribution in [0.4, 0.5) is 11.4 Å². The Morgan fingerprint density at radius 1 is 1.43 bits per heavy atom. The maximum absolute atomic E-state index is 12.2. The summed E-state index contributed by atoms with van der Waals surface area (Å²) < 4.78 is 0. The van der Waals surface area contributed by atoms with Gasteiger partial charge in [0.1, 0.15) is 5.69 Å². The zero-order valence-electron chi connectivity index (χ0n) is 12.4. The summed E-state index contributed by atoms with van der Waals surface area (Å²) in [6.07, 6.45) is 0. The van der Waals surface area contributed by atoms with Gasteiger partial charge in [-0.25, -0.2) is 0 Å². The number of hydrogen-bond acceptors (Lipinski definition) is 5. The second-order valence-corrected chi connectivity index (χ2v) is 6.22. The number of benzene rings is 1. The molecule has 1 rings (SSSR count). The van der Waals surface area contributed by atoms with Gasteiger partial charge in [-0.1, -0.05) is 32.4 Å². The lowest BCUT2D eigenvalue weighted by Crippen LogP contribution is -2.41. The highest BCUT2D eigenvalue weighted by atomic mass is 35.5. The fraction of sp³-hybridized carbons (Fsp3) is 0.462. The van der Waals surface area contributed by atoms with Gasteiger partial charge < -0.3 is 10.7 Å². The van der Waals surface area contributed by atoms with Crippen molar-refractivity contribution in [2.24, 2.45) is 11.3 Å². The number of rotatable bonds is 4. The summed E-state index contributed by atoms with van der Waals surface area (Å²) in [4.78, 5) is 22.5. The Labute approximate surface area is 128 Å². The van der Waals surface area contributed by atoms with Gasteiger partial charge in [-0.15, -0.1) is 0 Å². The molecule has 0 fully saturated rings. The van der Waals surface area contributed by atoms with E-state index in [0.717, 1.165) is 6.07 Å². The third-order valence-electron chi connectivity index (χ3n) is 3.32. The maximum Gasteiger partial charge on any atom is 0.295 e. The van der Waals surface area contributed by atoms with E-state index in [9.17, 15) is 14.9 Å². The smallest absolute Gasteiger partial charge is 0.295 e. The Morgan fingerprint density at radius 2 is 2.00 bits per heavy atom. The molecule has 8 heteroatoms. The van der Waals surface area contributed by atoms with Crippen LogP contribution in [0.3, 0.4) is 0 Å². The van der Waals surface area contributed by atoms with Gasteiger partial charge in [0.25, 0.3) is 11.6 Å². The number of anilines is 1. The molecule has 0 heterocycles. The first-order valence-corrected chi connectivity index (χ1v) is 6.71. The first-order valence-electron chi connectivity index (χ1n) is 6.33. The van der Waals surface area contributed by atoms with Crippen molar-refractivity contribution in [3.63, 3.8) is 0 Å². The lowest BCUT2D eigenvalue weighted by molar-refractivity contribution is -0.384. The number of nitro benzene ring substituents is 1. The van der Waals surface area contributed by atoms with Crippen LogP contribution in [0.5, 0.6) is 0 Å². The lowest BCUT2D eigenvalue weighted by Gasteiger charge is -2.28. The molecule has 1 amide bonds. The van der Waals surface area contributed by atoms with Gasteiger partial charge in [-0.05, 0) is 18.4 Å². The van der Waals surface area contributed by atoms with E-state index >= 15 is 0 Å². The fourth-order valence-corrected chi connectivity index (χ4v) is 1.78. The number of hydrazine groups is 1. The summed E-state index contributed by atoms with van der Waals surface area (Å²) in [6.45, 7) is 7.81. The monoisotopic (exact) mass is 314 g/mol. The molecule has 7 nitrogen and oxygen atoms in total. The summed E-state index contributed by atoms with van der Waals surface area (Å²) in [5, 5.41) is 13.8. The number of carbonyl (C=O) groups excluding carboxylic acids is 1. The average Bonchev–Trinajstić information content (AvgIpc) is 2.36. The first kappa shape index (κ1) is 17.2. The molecule has 0 bridgehead atoms. The van der Waals surface area contributed by atoms with Gasteiger partial charge in [0, 0.05) is 17.7 Å². The molecule has 0 aliphatic heterocycles. The fourth-order valence-electron chi connectivity index (χ4n) is 1.51. The molecule has 116 valence electrons. The van der Waals surface area contributed by atoms with Crippen molar-refractivity contribution in [2.45, 2.75) is 33.7 Å². The van der Waals surface area contributed by atoms with Crippen LogP contribution < -0.4 is 16.6 Å². The predicted molar refractivity (Wildman–Crippen MR) is 82.3 cm³/mol. The quantitative estimate of drug-likeness (QED) is 0.449. The number of halogens is 1. The van der Waals surface area contributed by atoms with Crippen molar-refractivity contribution in [1.82, 2.24) is 5.32 Å². The van der Waals surface area contributed by atoms with Crippen LogP contribution in [0.2, 0.25) is 5.02 Å². The summed E-state index contributed by atoms with van der Waals surface area (Å²) in [5.41, 5.74) is 1.77. The topological polar surface area (TPSA) is 110 Å². The number of amides is 1. The van der Waals surface area contributed by atoms with Crippen LogP contribution in [-0.2, 0) is 0 Å². The number of nitrogen functional groups attached to an aromatic ring is 1. The van der Waals surface area contributed by atoms with E-state index in [1.54, 1.807) is 0 Å². The van der Waals surface area contributed by atoms with Gasteiger partial charge in [-0.3, -0.25) is 20.8 Å². The third-order valence-corrected chi connectivity index (χ3v) is 3.62. The summed E-state index contributed by atoms with van der Waals surface area (Å²) >= 11 is 5.92. The average molecular weight is 315 g/mol. The SMILES string of the molecule is CC(NC(=O)c1cc(Cl)c(NN)c([N+](=O)[O-])c1)C(C)(C)C.